The van der Waals surface area contributed by atoms with Gasteiger partial charge >= 0.3 is 0 Å². The summed E-state index contributed by atoms with van der Waals surface area (Å²) in [6.07, 6.45) is 7.91. The number of aromatic nitrogens is 3. The van der Waals surface area contributed by atoms with Gasteiger partial charge < -0.3 is 4.57 Å². The van der Waals surface area contributed by atoms with E-state index in [2.05, 4.69) is 46.8 Å². The first-order valence-electron chi connectivity index (χ1n) is 8.18. The van der Waals surface area contributed by atoms with Crippen LogP contribution < -0.4 is 0 Å². The van der Waals surface area contributed by atoms with Gasteiger partial charge in [-0.25, -0.2) is 9.97 Å². The van der Waals surface area contributed by atoms with E-state index in [1.807, 2.05) is 12.3 Å². The Labute approximate surface area is 131 Å². The van der Waals surface area contributed by atoms with Crippen molar-refractivity contribution in [1.29, 1.82) is 0 Å². The van der Waals surface area contributed by atoms with Crippen molar-refractivity contribution in [1.82, 2.24) is 14.5 Å². The Morgan fingerprint density at radius 1 is 1.14 bits per heavy atom. The summed E-state index contributed by atoms with van der Waals surface area (Å²) in [7, 11) is 0. The molecule has 3 heteroatoms. The van der Waals surface area contributed by atoms with Gasteiger partial charge in [0.15, 0.2) is 5.65 Å². The second-order valence-corrected chi connectivity index (χ2v) is 6.35. The molecule has 1 saturated carbocycles. The molecule has 0 bridgehead atoms. The summed E-state index contributed by atoms with van der Waals surface area (Å²) in [6, 6.07) is 13.3. The maximum Gasteiger partial charge on any atom is 0.160 e. The Morgan fingerprint density at radius 3 is 2.82 bits per heavy atom. The highest BCUT2D eigenvalue weighted by Gasteiger charge is 2.23. The number of rotatable bonds is 3. The van der Waals surface area contributed by atoms with Crippen LogP contribution in [0.1, 0.15) is 48.7 Å². The fourth-order valence-electron chi connectivity index (χ4n) is 3.65. The molecular formula is C19H21N3. The molecule has 0 N–H and O–H groups in total. The van der Waals surface area contributed by atoms with Gasteiger partial charge in [-0.3, -0.25) is 0 Å². The van der Waals surface area contributed by atoms with Crippen molar-refractivity contribution in [3.63, 3.8) is 0 Å². The summed E-state index contributed by atoms with van der Waals surface area (Å²) in [5, 5.41) is 0. The smallest absolute Gasteiger partial charge is 0.160 e. The second-order valence-electron chi connectivity index (χ2n) is 6.35. The molecule has 22 heavy (non-hydrogen) atoms. The van der Waals surface area contributed by atoms with E-state index in [9.17, 15) is 0 Å². The second kappa shape index (κ2) is 5.56. The highest BCUT2D eigenvalue weighted by molar-refractivity contribution is 5.71. The molecule has 112 valence electrons. The molecule has 3 aromatic rings. The minimum Gasteiger partial charge on any atom is -0.309 e. The van der Waals surface area contributed by atoms with Crippen LogP contribution in [0.25, 0.3) is 11.2 Å². The monoisotopic (exact) mass is 291 g/mol. The molecule has 4 rings (SSSR count). The Kier molecular flexibility index (Phi) is 3.41. The third-order valence-corrected chi connectivity index (χ3v) is 4.66. The van der Waals surface area contributed by atoms with Crippen LogP contribution in [0.4, 0.5) is 0 Å². The molecule has 0 saturated heterocycles. The van der Waals surface area contributed by atoms with E-state index < -0.39 is 0 Å². The summed E-state index contributed by atoms with van der Waals surface area (Å²) in [6.45, 7) is 2.14. The number of imidazole rings is 1. The van der Waals surface area contributed by atoms with E-state index in [0.717, 1.165) is 23.4 Å². The molecule has 1 aromatic carbocycles. The highest BCUT2D eigenvalue weighted by atomic mass is 15.2. The number of hydrogen-bond donors (Lipinski definition) is 0. The van der Waals surface area contributed by atoms with Gasteiger partial charge in [-0.05, 0) is 37.5 Å². The summed E-state index contributed by atoms with van der Waals surface area (Å²) < 4.78 is 2.41. The van der Waals surface area contributed by atoms with Gasteiger partial charge in [0.05, 0.1) is 0 Å². The number of benzene rings is 1. The molecule has 0 unspecified atom stereocenters. The number of nitrogens with zero attached hydrogens (tertiary/aromatic N) is 3. The SMILES string of the molecule is Cc1cccc(Cc2nc3cccnc3n2C2CCCC2)c1. The topological polar surface area (TPSA) is 30.7 Å². The van der Waals surface area contributed by atoms with E-state index in [1.54, 1.807) is 0 Å². The van der Waals surface area contributed by atoms with Crippen LogP contribution in [-0.2, 0) is 6.42 Å². The Hall–Kier alpha value is -2.16. The zero-order chi connectivity index (χ0) is 14.9. The van der Waals surface area contributed by atoms with Crippen molar-refractivity contribution in [2.45, 2.75) is 45.1 Å². The van der Waals surface area contributed by atoms with E-state index in [-0.39, 0.29) is 0 Å². The lowest BCUT2D eigenvalue weighted by Gasteiger charge is -2.15. The number of aryl methyl sites for hydroxylation is 1. The molecule has 0 spiro atoms. The van der Waals surface area contributed by atoms with E-state index in [1.165, 1.54) is 36.8 Å². The number of hydrogen-bond acceptors (Lipinski definition) is 2. The Balaban J connectivity index is 1.80. The van der Waals surface area contributed by atoms with Crippen molar-refractivity contribution in [2.24, 2.45) is 0 Å². The predicted octanol–water partition coefficient (Wildman–Crippen LogP) is 4.45. The molecule has 1 aliphatic rings. The molecule has 3 nitrogen and oxygen atoms in total. The van der Waals surface area contributed by atoms with Crippen molar-refractivity contribution in [2.75, 3.05) is 0 Å². The lowest BCUT2D eigenvalue weighted by atomic mass is 10.1. The third kappa shape index (κ3) is 2.41. The van der Waals surface area contributed by atoms with Gasteiger partial charge in [-0.1, -0.05) is 42.7 Å². The Morgan fingerprint density at radius 2 is 2.00 bits per heavy atom. The van der Waals surface area contributed by atoms with E-state index >= 15 is 0 Å². The van der Waals surface area contributed by atoms with Crippen LogP contribution in [0.15, 0.2) is 42.6 Å². The molecule has 0 amide bonds. The van der Waals surface area contributed by atoms with Gasteiger partial charge in [0.1, 0.15) is 11.3 Å². The van der Waals surface area contributed by atoms with Gasteiger partial charge in [-0.2, -0.15) is 0 Å². The fourth-order valence-corrected chi connectivity index (χ4v) is 3.65. The standard InChI is InChI=1S/C19H21N3/c1-14-6-4-7-15(12-14)13-18-21-17-10-5-11-20-19(17)22(18)16-8-2-3-9-16/h4-7,10-12,16H,2-3,8-9,13H2,1H3. The molecule has 2 heterocycles. The lowest BCUT2D eigenvalue weighted by Crippen LogP contribution is -2.10. The molecule has 2 aromatic heterocycles. The van der Waals surface area contributed by atoms with Gasteiger partial charge in [0.25, 0.3) is 0 Å². The van der Waals surface area contributed by atoms with Crippen LogP contribution >= 0.6 is 0 Å². The molecular weight excluding hydrogens is 270 g/mol. The first-order chi connectivity index (χ1) is 10.8. The molecule has 0 aliphatic heterocycles. The predicted molar refractivity (Wildman–Crippen MR) is 89.0 cm³/mol. The molecule has 0 radical (unpaired) electrons. The molecule has 1 aliphatic carbocycles. The fraction of sp³-hybridized carbons (Fsp3) is 0.368. The van der Waals surface area contributed by atoms with Crippen LogP contribution in [0.5, 0.6) is 0 Å². The maximum absolute atomic E-state index is 4.88. The van der Waals surface area contributed by atoms with Crippen LogP contribution in [0, 0.1) is 6.92 Å². The van der Waals surface area contributed by atoms with Gasteiger partial charge in [-0.15, -0.1) is 0 Å². The van der Waals surface area contributed by atoms with Crippen molar-refractivity contribution < 1.29 is 0 Å². The minimum absolute atomic E-state index is 0.569. The largest absolute Gasteiger partial charge is 0.309 e. The first-order valence-corrected chi connectivity index (χ1v) is 8.18. The zero-order valence-electron chi connectivity index (χ0n) is 13.0. The molecule has 1 fully saturated rings. The lowest BCUT2D eigenvalue weighted by molar-refractivity contribution is 0.511. The third-order valence-electron chi connectivity index (χ3n) is 4.66. The Bertz CT molecular complexity index is 797. The zero-order valence-corrected chi connectivity index (χ0v) is 13.0. The normalized spacial score (nSPS) is 15.7. The summed E-state index contributed by atoms with van der Waals surface area (Å²) >= 11 is 0. The van der Waals surface area contributed by atoms with Crippen molar-refractivity contribution in [3.8, 4) is 0 Å². The van der Waals surface area contributed by atoms with Crippen LogP contribution in [0.2, 0.25) is 0 Å². The average molecular weight is 291 g/mol. The minimum atomic E-state index is 0.569. The van der Waals surface area contributed by atoms with Crippen molar-refractivity contribution >= 4 is 11.2 Å². The number of pyridine rings is 1. The summed E-state index contributed by atoms with van der Waals surface area (Å²) in [5.74, 6) is 1.16. The van der Waals surface area contributed by atoms with Gasteiger partial charge in [0, 0.05) is 18.7 Å². The van der Waals surface area contributed by atoms with E-state index in [0.29, 0.717) is 6.04 Å². The van der Waals surface area contributed by atoms with Gasteiger partial charge in [0.2, 0.25) is 0 Å². The first kappa shape index (κ1) is 13.5. The van der Waals surface area contributed by atoms with Crippen LogP contribution in [-0.4, -0.2) is 14.5 Å². The van der Waals surface area contributed by atoms with E-state index in [4.69, 9.17) is 4.98 Å². The average Bonchev–Trinajstić information content (AvgIpc) is 3.13. The number of fused-ring (bicyclic) bond motifs is 1. The maximum atomic E-state index is 4.88. The molecule has 0 atom stereocenters. The summed E-state index contributed by atoms with van der Waals surface area (Å²) in [5.41, 5.74) is 4.71. The van der Waals surface area contributed by atoms with Crippen LogP contribution in [0.3, 0.4) is 0 Å². The summed E-state index contributed by atoms with van der Waals surface area (Å²) in [4.78, 5) is 9.49. The quantitative estimate of drug-likeness (QED) is 0.714. The highest BCUT2D eigenvalue weighted by Crippen LogP contribution is 2.33. The van der Waals surface area contributed by atoms with Crippen molar-refractivity contribution in [3.05, 3.63) is 59.5 Å².